The third-order valence-corrected chi connectivity index (χ3v) is 2.61. The van der Waals surface area contributed by atoms with Crippen LogP contribution < -0.4 is 10.6 Å². The van der Waals surface area contributed by atoms with Crippen LogP contribution in [0, 0.1) is 12.7 Å². The molecular formula is C11H13FN2O. The molecule has 1 amide bonds. The quantitative estimate of drug-likeness (QED) is 0.743. The minimum atomic E-state index is -0.300. The summed E-state index contributed by atoms with van der Waals surface area (Å²) in [7, 11) is 0. The zero-order chi connectivity index (χ0) is 11.0. The number of nitrogens with one attached hydrogen (secondary N) is 2. The van der Waals surface area contributed by atoms with Crippen LogP contribution in [0.4, 0.5) is 15.8 Å². The fourth-order valence-electron chi connectivity index (χ4n) is 1.66. The van der Waals surface area contributed by atoms with E-state index in [2.05, 4.69) is 10.6 Å². The van der Waals surface area contributed by atoms with E-state index in [9.17, 15) is 9.18 Å². The largest absolute Gasteiger partial charge is 0.372 e. The molecule has 0 radical (unpaired) electrons. The van der Waals surface area contributed by atoms with Crippen LogP contribution in [0.1, 0.15) is 18.9 Å². The summed E-state index contributed by atoms with van der Waals surface area (Å²) in [6, 6.07) is 2.84. The van der Waals surface area contributed by atoms with Gasteiger partial charge in [0.1, 0.15) is 11.9 Å². The second-order valence-electron chi connectivity index (χ2n) is 3.74. The Morgan fingerprint density at radius 3 is 2.80 bits per heavy atom. The molecule has 15 heavy (non-hydrogen) atoms. The molecule has 1 heterocycles. The van der Waals surface area contributed by atoms with Crippen LogP contribution in [0.2, 0.25) is 0 Å². The summed E-state index contributed by atoms with van der Waals surface area (Å²) in [5.74, 6) is -0.404. The first-order valence-corrected chi connectivity index (χ1v) is 4.99. The highest BCUT2D eigenvalue weighted by Gasteiger charge is 2.24. The monoisotopic (exact) mass is 208 g/mol. The number of halogens is 1. The number of rotatable bonds is 1. The van der Waals surface area contributed by atoms with Gasteiger partial charge in [0.2, 0.25) is 5.91 Å². The van der Waals surface area contributed by atoms with Gasteiger partial charge in [-0.25, -0.2) is 4.39 Å². The second-order valence-corrected chi connectivity index (χ2v) is 3.74. The van der Waals surface area contributed by atoms with Gasteiger partial charge in [-0.3, -0.25) is 4.79 Å². The van der Waals surface area contributed by atoms with Crippen molar-refractivity contribution in [3.05, 3.63) is 23.5 Å². The fraction of sp³-hybridized carbons (Fsp3) is 0.364. The number of anilines is 2. The molecule has 0 saturated carbocycles. The van der Waals surface area contributed by atoms with Gasteiger partial charge in [0.25, 0.3) is 0 Å². The highest BCUT2D eigenvalue weighted by Crippen LogP contribution is 2.29. The Labute approximate surface area is 87.7 Å². The van der Waals surface area contributed by atoms with Crippen LogP contribution in [0.15, 0.2) is 12.1 Å². The lowest BCUT2D eigenvalue weighted by molar-refractivity contribution is -0.117. The van der Waals surface area contributed by atoms with E-state index in [1.165, 1.54) is 6.07 Å². The molecule has 1 aliphatic heterocycles. The Hall–Kier alpha value is -1.58. The number of hydrogen-bond donors (Lipinski definition) is 2. The van der Waals surface area contributed by atoms with Gasteiger partial charge in [-0.1, -0.05) is 6.92 Å². The smallest absolute Gasteiger partial charge is 0.246 e. The number of carbonyl (C=O) groups excluding carboxylic acids is 1. The molecule has 0 aromatic heterocycles. The van der Waals surface area contributed by atoms with Crippen molar-refractivity contribution in [2.24, 2.45) is 0 Å². The predicted molar refractivity (Wildman–Crippen MR) is 57.5 cm³/mol. The second kappa shape index (κ2) is 3.53. The molecule has 0 fully saturated rings. The summed E-state index contributed by atoms with van der Waals surface area (Å²) in [4.78, 5) is 11.5. The number of carbonyl (C=O) groups is 1. The van der Waals surface area contributed by atoms with Crippen molar-refractivity contribution in [1.29, 1.82) is 0 Å². The van der Waals surface area contributed by atoms with Crippen LogP contribution >= 0.6 is 0 Å². The summed E-state index contributed by atoms with van der Waals surface area (Å²) in [5, 5.41) is 5.77. The highest BCUT2D eigenvalue weighted by molar-refractivity contribution is 6.02. The van der Waals surface area contributed by atoms with Gasteiger partial charge in [0.15, 0.2) is 0 Å². The average molecular weight is 208 g/mol. The van der Waals surface area contributed by atoms with Gasteiger partial charge >= 0.3 is 0 Å². The minimum Gasteiger partial charge on any atom is -0.372 e. The Morgan fingerprint density at radius 2 is 2.13 bits per heavy atom. The normalized spacial score (nSPS) is 19.1. The van der Waals surface area contributed by atoms with Crippen molar-refractivity contribution in [1.82, 2.24) is 0 Å². The van der Waals surface area contributed by atoms with E-state index >= 15 is 0 Å². The van der Waals surface area contributed by atoms with Crippen LogP contribution in [0.5, 0.6) is 0 Å². The molecule has 0 spiro atoms. The van der Waals surface area contributed by atoms with Crippen LogP contribution in [-0.2, 0) is 4.79 Å². The minimum absolute atomic E-state index is 0.103. The molecule has 2 N–H and O–H groups in total. The molecule has 1 atom stereocenters. The first-order valence-electron chi connectivity index (χ1n) is 4.99. The van der Waals surface area contributed by atoms with Crippen molar-refractivity contribution in [3.8, 4) is 0 Å². The Morgan fingerprint density at radius 1 is 1.40 bits per heavy atom. The van der Waals surface area contributed by atoms with Gasteiger partial charge in [0.05, 0.1) is 11.4 Å². The van der Waals surface area contributed by atoms with Crippen LogP contribution in [0.3, 0.4) is 0 Å². The van der Waals surface area contributed by atoms with E-state index in [-0.39, 0.29) is 17.8 Å². The summed E-state index contributed by atoms with van der Waals surface area (Å²) in [6.45, 7) is 3.63. The maximum absolute atomic E-state index is 13.2. The molecule has 3 nitrogen and oxygen atoms in total. The van der Waals surface area contributed by atoms with E-state index in [0.717, 1.165) is 5.69 Å². The van der Waals surface area contributed by atoms with Crippen molar-refractivity contribution in [2.75, 3.05) is 10.6 Å². The lowest BCUT2D eigenvalue weighted by Gasteiger charge is -2.26. The molecule has 2 rings (SSSR count). The molecule has 4 heteroatoms. The molecule has 1 unspecified atom stereocenters. The van der Waals surface area contributed by atoms with E-state index in [1.54, 1.807) is 13.0 Å². The Balaban J connectivity index is 2.41. The molecule has 80 valence electrons. The molecule has 0 saturated heterocycles. The summed E-state index contributed by atoms with van der Waals surface area (Å²) < 4.78 is 13.2. The summed E-state index contributed by atoms with van der Waals surface area (Å²) >= 11 is 0. The average Bonchev–Trinajstić information content (AvgIpc) is 2.20. The van der Waals surface area contributed by atoms with Gasteiger partial charge in [-0.15, -0.1) is 0 Å². The Bertz CT molecular complexity index is 417. The molecule has 1 aliphatic rings. The number of amides is 1. The van der Waals surface area contributed by atoms with Gasteiger partial charge in [-0.05, 0) is 31.0 Å². The third kappa shape index (κ3) is 1.67. The molecule has 0 aliphatic carbocycles. The molecule has 1 aromatic rings. The number of aryl methyl sites for hydroxylation is 1. The molecule has 1 aromatic carbocycles. The Kier molecular flexibility index (Phi) is 2.34. The van der Waals surface area contributed by atoms with Crippen molar-refractivity contribution < 1.29 is 9.18 Å². The maximum atomic E-state index is 13.2. The van der Waals surface area contributed by atoms with E-state index in [0.29, 0.717) is 17.7 Å². The molecular weight excluding hydrogens is 195 g/mol. The number of benzene rings is 1. The lowest BCUT2D eigenvalue weighted by Crippen LogP contribution is -2.38. The van der Waals surface area contributed by atoms with Crippen molar-refractivity contribution in [3.63, 3.8) is 0 Å². The zero-order valence-corrected chi connectivity index (χ0v) is 8.73. The molecule has 0 bridgehead atoms. The maximum Gasteiger partial charge on any atom is 0.246 e. The van der Waals surface area contributed by atoms with E-state index in [4.69, 9.17) is 0 Å². The van der Waals surface area contributed by atoms with Gasteiger partial charge in [-0.2, -0.15) is 0 Å². The zero-order valence-electron chi connectivity index (χ0n) is 8.73. The summed E-state index contributed by atoms with van der Waals surface area (Å²) in [6.07, 6.45) is 0.710. The van der Waals surface area contributed by atoms with Gasteiger partial charge in [0, 0.05) is 0 Å². The first-order chi connectivity index (χ1) is 7.11. The van der Waals surface area contributed by atoms with E-state index < -0.39 is 0 Å². The third-order valence-electron chi connectivity index (χ3n) is 2.61. The van der Waals surface area contributed by atoms with Crippen molar-refractivity contribution in [2.45, 2.75) is 26.3 Å². The number of fused-ring (bicyclic) bond motifs is 1. The first kappa shape index (κ1) is 9.96. The SMILES string of the molecule is CCC1Nc2cc(C)c(F)cc2NC1=O. The highest BCUT2D eigenvalue weighted by atomic mass is 19.1. The van der Waals surface area contributed by atoms with E-state index in [1.807, 2.05) is 6.92 Å². The van der Waals surface area contributed by atoms with Crippen LogP contribution in [-0.4, -0.2) is 11.9 Å². The fourth-order valence-corrected chi connectivity index (χ4v) is 1.66. The predicted octanol–water partition coefficient (Wildman–Crippen LogP) is 2.28. The lowest BCUT2D eigenvalue weighted by atomic mass is 10.1. The number of hydrogen-bond acceptors (Lipinski definition) is 2. The van der Waals surface area contributed by atoms with Crippen LogP contribution in [0.25, 0.3) is 0 Å². The standard InChI is InChI=1S/C11H13FN2O/c1-3-8-11(15)14-10-5-7(12)6(2)4-9(10)13-8/h4-5,8,13H,3H2,1-2H3,(H,14,15). The van der Waals surface area contributed by atoms with Gasteiger partial charge < -0.3 is 10.6 Å². The summed E-state index contributed by atoms with van der Waals surface area (Å²) in [5.41, 5.74) is 1.89. The van der Waals surface area contributed by atoms with Crippen molar-refractivity contribution >= 4 is 17.3 Å². The topological polar surface area (TPSA) is 41.1 Å².